The zero-order chi connectivity index (χ0) is 11.4. The van der Waals surface area contributed by atoms with E-state index in [1.807, 2.05) is 0 Å². The minimum atomic E-state index is -0.892. The summed E-state index contributed by atoms with van der Waals surface area (Å²) in [4.78, 5) is 10.6. The van der Waals surface area contributed by atoms with Crippen molar-refractivity contribution >= 4 is 5.97 Å². The van der Waals surface area contributed by atoms with Gasteiger partial charge in [-0.3, -0.25) is 4.79 Å². The topological polar surface area (TPSA) is 72.5 Å². The van der Waals surface area contributed by atoms with E-state index in [0.717, 1.165) is 19.3 Å². The number of nitrogens with two attached hydrogens (primary N) is 1. The Bertz CT molecular complexity index is 220. The maximum Gasteiger partial charge on any atom is 0.320 e. The Hall–Kier alpha value is -0.610. The summed E-state index contributed by atoms with van der Waals surface area (Å²) >= 11 is 0. The summed E-state index contributed by atoms with van der Waals surface area (Å²) in [5.74, 6) is 0.0590. The number of ether oxygens (including phenoxy) is 1. The number of rotatable bonds is 4. The largest absolute Gasteiger partial charge is 0.480 e. The van der Waals surface area contributed by atoms with E-state index in [1.54, 1.807) is 7.11 Å². The van der Waals surface area contributed by atoms with Crippen LogP contribution in [0.2, 0.25) is 0 Å². The van der Waals surface area contributed by atoms with Crippen molar-refractivity contribution in [1.82, 2.24) is 0 Å². The fraction of sp³-hybridized carbons (Fsp3) is 0.909. The molecule has 3 N–H and O–H groups in total. The third-order valence-corrected chi connectivity index (χ3v) is 3.41. The smallest absolute Gasteiger partial charge is 0.320 e. The molecule has 3 unspecified atom stereocenters. The highest BCUT2D eigenvalue weighted by Gasteiger charge is 2.29. The first-order valence-electron chi connectivity index (χ1n) is 5.55. The zero-order valence-electron chi connectivity index (χ0n) is 9.48. The van der Waals surface area contributed by atoms with Gasteiger partial charge in [0.25, 0.3) is 0 Å². The van der Waals surface area contributed by atoms with Gasteiger partial charge in [0, 0.05) is 7.11 Å². The average Bonchev–Trinajstić information content (AvgIpc) is 2.18. The average molecular weight is 215 g/mol. The van der Waals surface area contributed by atoms with E-state index >= 15 is 0 Å². The van der Waals surface area contributed by atoms with Crippen molar-refractivity contribution in [2.24, 2.45) is 17.6 Å². The maximum absolute atomic E-state index is 10.6. The quantitative estimate of drug-likeness (QED) is 0.740. The molecule has 0 radical (unpaired) electrons. The molecule has 0 aliphatic heterocycles. The van der Waals surface area contributed by atoms with Crippen LogP contribution < -0.4 is 5.73 Å². The Balaban J connectivity index is 2.37. The number of hydrogen-bond acceptors (Lipinski definition) is 3. The highest BCUT2D eigenvalue weighted by atomic mass is 16.5. The van der Waals surface area contributed by atoms with Gasteiger partial charge in [-0.25, -0.2) is 0 Å². The van der Waals surface area contributed by atoms with Crippen LogP contribution in [0.3, 0.4) is 0 Å². The first kappa shape index (κ1) is 12.5. The van der Waals surface area contributed by atoms with E-state index in [4.69, 9.17) is 15.6 Å². The van der Waals surface area contributed by atoms with Crippen molar-refractivity contribution in [1.29, 1.82) is 0 Å². The molecule has 0 aromatic carbocycles. The van der Waals surface area contributed by atoms with Crippen LogP contribution in [-0.4, -0.2) is 30.3 Å². The van der Waals surface area contributed by atoms with Crippen LogP contribution in [0.15, 0.2) is 0 Å². The van der Waals surface area contributed by atoms with Gasteiger partial charge in [0.05, 0.1) is 6.10 Å². The Morgan fingerprint density at radius 1 is 1.60 bits per heavy atom. The van der Waals surface area contributed by atoms with E-state index in [2.05, 4.69) is 6.92 Å². The monoisotopic (exact) mass is 215 g/mol. The van der Waals surface area contributed by atoms with Crippen LogP contribution in [-0.2, 0) is 9.53 Å². The van der Waals surface area contributed by atoms with Gasteiger partial charge in [-0.05, 0) is 37.5 Å². The summed E-state index contributed by atoms with van der Waals surface area (Å²) in [5, 5.41) is 8.73. The highest BCUT2D eigenvalue weighted by molar-refractivity contribution is 5.73. The SMILES string of the molecule is COC1CCC(C[C@H](N)C(=O)O)CC1C. The Labute approximate surface area is 90.8 Å². The molecule has 0 amide bonds. The normalized spacial score (nSPS) is 33.7. The lowest BCUT2D eigenvalue weighted by molar-refractivity contribution is -0.139. The van der Waals surface area contributed by atoms with Crippen molar-refractivity contribution in [2.45, 2.75) is 44.8 Å². The predicted octanol–water partition coefficient (Wildman–Crippen LogP) is 1.24. The molecular weight excluding hydrogens is 194 g/mol. The minimum absolute atomic E-state index is 0.335. The van der Waals surface area contributed by atoms with Crippen LogP contribution in [0.25, 0.3) is 0 Å². The van der Waals surface area contributed by atoms with Crippen molar-refractivity contribution in [3.8, 4) is 0 Å². The van der Waals surface area contributed by atoms with Crippen LogP contribution in [0, 0.1) is 11.8 Å². The first-order chi connectivity index (χ1) is 7.04. The Morgan fingerprint density at radius 3 is 2.73 bits per heavy atom. The van der Waals surface area contributed by atoms with E-state index < -0.39 is 12.0 Å². The van der Waals surface area contributed by atoms with Gasteiger partial charge in [0.15, 0.2) is 0 Å². The van der Waals surface area contributed by atoms with Gasteiger partial charge in [-0.15, -0.1) is 0 Å². The summed E-state index contributed by atoms with van der Waals surface area (Å²) in [6.45, 7) is 2.16. The third-order valence-electron chi connectivity index (χ3n) is 3.41. The number of methoxy groups -OCH3 is 1. The summed E-state index contributed by atoms with van der Waals surface area (Å²) in [6.07, 6.45) is 4.01. The molecule has 1 fully saturated rings. The van der Waals surface area contributed by atoms with Crippen molar-refractivity contribution in [3.63, 3.8) is 0 Å². The van der Waals surface area contributed by atoms with Crippen molar-refractivity contribution in [2.75, 3.05) is 7.11 Å². The third kappa shape index (κ3) is 3.47. The van der Waals surface area contributed by atoms with Crippen molar-refractivity contribution < 1.29 is 14.6 Å². The second-order valence-corrected chi connectivity index (χ2v) is 4.61. The lowest BCUT2D eigenvalue weighted by Crippen LogP contribution is -2.36. The lowest BCUT2D eigenvalue weighted by Gasteiger charge is -2.33. The van der Waals surface area contributed by atoms with Gasteiger partial charge in [0.2, 0.25) is 0 Å². The number of hydrogen-bond donors (Lipinski definition) is 2. The number of carboxylic acid groups (broad SMARTS) is 1. The fourth-order valence-corrected chi connectivity index (χ4v) is 2.50. The molecule has 15 heavy (non-hydrogen) atoms. The standard InChI is InChI=1S/C11H21NO3/c1-7-5-8(3-4-10(7)15-2)6-9(12)11(13)14/h7-10H,3-6,12H2,1-2H3,(H,13,14)/t7?,8?,9-,10?/m0/s1. The molecule has 1 aliphatic carbocycles. The van der Waals surface area contributed by atoms with E-state index in [1.165, 1.54) is 0 Å². The molecule has 1 saturated carbocycles. The molecule has 4 heteroatoms. The zero-order valence-corrected chi connectivity index (χ0v) is 9.48. The summed E-state index contributed by atoms with van der Waals surface area (Å²) in [5.41, 5.74) is 5.53. The van der Waals surface area contributed by atoms with Gasteiger partial charge in [0.1, 0.15) is 6.04 Å². The first-order valence-corrected chi connectivity index (χ1v) is 5.55. The van der Waals surface area contributed by atoms with Gasteiger partial charge in [-0.2, -0.15) is 0 Å². The van der Waals surface area contributed by atoms with Gasteiger partial charge >= 0.3 is 5.97 Å². The fourth-order valence-electron chi connectivity index (χ4n) is 2.50. The second kappa shape index (κ2) is 5.47. The predicted molar refractivity (Wildman–Crippen MR) is 57.5 cm³/mol. The molecule has 1 aliphatic rings. The molecule has 4 nitrogen and oxygen atoms in total. The molecule has 1 rings (SSSR count). The molecule has 4 atom stereocenters. The second-order valence-electron chi connectivity index (χ2n) is 4.61. The van der Waals surface area contributed by atoms with Crippen LogP contribution in [0.1, 0.15) is 32.6 Å². The molecule has 88 valence electrons. The molecule has 0 heterocycles. The van der Waals surface area contributed by atoms with Crippen molar-refractivity contribution in [3.05, 3.63) is 0 Å². The Kier molecular flexibility index (Phi) is 4.54. The van der Waals surface area contributed by atoms with Gasteiger partial charge < -0.3 is 15.6 Å². The van der Waals surface area contributed by atoms with Crippen LogP contribution in [0.5, 0.6) is 0 Å². The van der Waals surface area contributed by atoms with Crippen LogP contribution in [0.4, 0.5) is 0 Å². The Morgan fingerprint density at radius 2 is 2.27 bits per heavy atom. The molecule has 0 spiro atoms. The summed E-state index contributed by atoms with van der Waals surface area (Å²) in [6, 6.07) is -0.707. The minimum Gasteiger partial charge on any atom is -0.480 e. The lowest BCUT2D eigenvalue weighted by atomic mass is 9.78. The molecular formula is C11H21NO3. The molecule has 0 aromatic rings. The van der Waals surface area contributed by atoms with E-state index in [-0.39, 0.29) is 0 Å². The molecule has 0 saturated heterocycles. The van der Waals surface area contributed by atoms with Crippen LogP contribution >= 0.6 is 0 Å². The summed E-state index contributed by atoms with van der Waals surface area (Å²) < 4.78 is 5.36. The van der Waals surface area contributed by atoms with Gasteiger partial charge in [-0.1, -0.05) is 6.92 Å². The molecule has 0 bridgehead atoms. The number of carboxylic acids is 1. The highest BCUT2D eigenvalue weighted by Crippen LogP contribution is 2.32. The van der Waals surface area contributed by atoms with E-state index in [9.17, 15) is 4.79 Å². The number of aliphatic carboxylic acids is 1. The summed E-state index contributed by atoms with van der Waals surface area (Å²) in [7, 11) is 1.74. The van der Waals surface area contributed by atoms with E-state index in [0.29, 0.717) is 24.4 Å². The maximum atomic E-state index is 10.6. The molecule has 0 aromatic heterocycles. The number of carbonyl (C=O) groups is 1.